The highest BCUT2D eigenvalue weighted by molar-refractivity contribution is 8.04. The molecule has 3 atom stereocenters. The Hall–Kier alpha value is -3.23. The first kappa shape index (κ1) is 25.9. The van der Waals surface area contributed by atoms with Gasteiger partial charge in [0.1, 0.15) is 27.4 Å². The number of carbonyl (C=O) groups excluding carboxylic acids is 3. The number of carboxylic acid groups (broad SMARTS) is 1. The third-order valence-corrected chi connectivity index (χ3v) is 7.99. The SMILES string of the molecule is CC(=O)NCC1=C(C(=O)O)N2C(=O)C(Sc3nnc(COc4ccc(Cl)cc4)o3)[C@H]2SC1NC(C)=O. The van der Waals surface area contributed by atoms with Crippen molar-refractivity contribution in [1.29, 1.82) is 0 Å². The number of carbonyl (C=O) groups is 4. The van der Waals surface area contributed by atoms with Crippen LogP contribution >= 0.6 is 35.1 Å². The van der Waals surface area contributed by atoms with Crippen LogP contribution < -0.4 is 15.4 Å². The van der Waals surface area contributed by atoms with E-state index in [2.05, 4.69) is 20.8 Å². The summed E-state index contributed by atoms with van der Waals surface area (Å²) in [7, 11) is 0. The van der Waals surface area contributed by atoms with Gasteiger partial charge in [0.05, 0.1) is 0 Å². The van der Waals surface area contributed by atoms with Crippen molar-refractivity contribution in [2.75, 3.05) is 6.54 Å². The summed E-state index contributed by atoms with van der Waals surface area (Å²) in [6.45, 7) is 2.45. The molecule has 0 spiro atoms. The lowest BCUT2D eigenvalue weighted by Gasteiger charge is -2.50. The molecule has 2 unspecified atom stereocenters. The summed E-state index contributed by atoms with van der Waals surface area (Å²) in [5.74, 6) is -1.82. The number of hydrogen-bond acceptors (Lipinski definition) is 10. The summed E-state index contributed by atoms with van der Waals surface area (Å²) in [5.41, 5.74) is -0.0546. The van der Waals surface area contributed by atoms with Crippen LogP contribution in [-0.2, 0) is 25.8 Å². The summed E-state index contributed by atoms with van der Waals surface area (Å²) in [6.07, 6.45) is 0. The molecule has 3 N–H and O–H groups in total. The Bertz CT molecular complexity index is 1240. The molecule has 15 heteroatoms. The molecule has 0 bridgehead atoms. The molecular formula is C21H20ClN5O7S2. The van der Waals surface area contributed by atoms with E-state index in [4.69, 9.17) is 20.8 Å². The lowest BCUT2D eigenvalue weighted by molar-refractivity contribution is -0.145. The molecule has 0 radical (unpaired) electrons. The maximum atomic E-state index is 13.0. The fraction of sp³-hybridized carbons (Fsp3) is 0.333. The average molecular weight is 554 g/mol. The van der Waals surface area contributed by atoms with Gasteiger partial charge >= 0.3 is 5.97 Å². The maximum Gasteiger partial charge on any atom is 0.352 e. The molecule has 1 saturated heterocycles. The van der Waals surface area contributed by atoms with Crippen LogP contribution in [0.1, 0.15) is 19.7 Å². The first-order valence-electron chi connectivity index (χ1n) is 10.5. The third kappa shape index (κ3) is 5.60. The van der Waals surface area contributed by atoms with Crippen molar-refractivity contribution in [2.45, 2.75) is 41.7 Å². The number of amides is 3. The van der Waals surface area contributed by atoms with Crippen LogP contribution in [0.4, 0.5) is 0 Å². The number of aromatic nitrogens is 2. The van der Waals surface area contributed by atoms with Gasteiger partial charge in [0.2, 0.25) is 17.7 Å². The molecule has 36 heavy (non-hydrogen) atoms. The minimum absolute atomic E-state index is 0.00111. The van der Waals surface area contributed by atoms with Crippen molar-refractivity contribution >= 4 is 58.8 Å². The zero-order chi connectivity index (χ0) is 26.0. The highest BCUT2D eigenvalue weighted by Gasteiger charge is 2.56. The van der Waals surface area contributed by atoms with Crippen LogP contribution in [0.3, 0.4) is 0 Å². The monoisotopic (exact) mass is 553 g/mol. The van der Waals surface area contributed by atoms with Crippen molar-refractivity contribution in [1.82, 2.24) is 25.7 Å². The molecule has 0 aliphatic carbocycles. The van der Waals surface area contributed by atoms with E-state index in [1.54, 1.807) is 24.3 Å². The molecule has 4 rings (SSSR count). The van der Waals surface area contributed by atoms with Crippen molar-refractivity contribution in [3.8, 4) is 5.75 Å². The number of nitrogens with one attached hydrogen (secondary N) is 2. The number of carboxylic acids is 1. The maximum absolute atomic E-state index is 13.0. The fourth-order valence-corrected chi connectivity index (χ4v) is 6.34. The van der Waals surface area contributed by atoms with E-state index in [1.165, 1.54) is 25.6 Å². The highest BCUT2D eigenvalue weighted by atomic mass is 35.5. The van der Waals surface area contributed by atoms with Crippen molar-refractivity contribution in [3.05, 3.63) is 46.4 Å². The quantitative estimate of drug-likeness (QED) is 0.386. The Balaban J connectivity index is 1.48. The van der Waals surface area contributed by atoms with Gasteiger partial charge in [0.15, 0.2) is 6.61 Å². The number of rotatable bonds is 9. The minimum Gasteiger partial charge on any atom is -0.484 e. The molecule has 3 amide bonds. The zero-order valence-corrected chi connectivity index (χ0v) is 21.3. The number of ether oxygens (including phenoxy) is 1. The Kier molecular flexibility index (Phi) is 7.76. The molecule has 1 fully saturated rings. The Morgan fingerprint density at radius 2 is 1.94 bits per heavy atom. The summed E-state index contributed by atoms with van der Waals surface area (Å²) >= 11 is 8.04. The Labute approximate surface area is 218 Å². The first-order valence-corrected chi connectivity index (χ1v) is 12.7. The lowest BCUT2D eigenvalue weighted by atomic mass is 10.1. The van der Waals surface area contributed by atoms with E-state index < -0.39 is 27.9 Å². The number of hydrogen-bond donors (Lipinski definition) is 3. The summed E-state index contributed by atoms with van der Waals surface area (Å²) < 4.78 is 11.2. The molecule has 12 nitrogen and oxygen atoms in total. The van der Waals surface area contributed by atoms with E-state index in [-0.39, 0.29) is 47.3 Å². The van der Waals surface area contributed by atoms with Gasteiger partial charge in [-0.3, -0.25) is 19.3 Å². The molecule has 2 aliphatic rings. The fourth-order valence-electron chi connectivity index (χ4n) is 3.49. The Morgan fingerprint density at radius 3 is 2.58 bits per heavy atom. The Morgan fingerprint density at radius 1 is 1.22 bits per heavy atom. The average Bonchev–Trinajstić information content (AvgIpc) is 3.27. The van der Waals surface area contributed by atoms with Gasteiger partial charge in [-0.25, -0.2) is 4.79 Å². The van der Waals surface area contributed by atoms with Crippen LogP contribution in [0.2, 0.25) is 5.02 Å². The molecule has 2 aromatic rings. The van der Waals surface area contributed by atoms with E-state index in [0.717, 1.165) is 16.7 Å². The number of nitrogens with zero attached hydrogens (tertiary/aromatic N) is 3. The number of thioether (sulfide) groups is 2. The first-order chi connectivity index (χ1) is 17.1. The third-order valence-electron chi connectivity index (χ3n) is 5.05. The van der Waals surface area contributed by atoms with E-state index in [9.17, 15) is 24.3 Å². The van der Waals surface area contributed by atoms with Crippen LogP contribution in [0.5, 0.6) is 5.75 Å². The molecule has 1 aromatic carbocycles. The van der Waals surface area contributed by atoms with E-state index >= 15 is 0 Å². The molecular weight excluding hydrogens is 534 g/mol. The van der Waals surface area contributed by atoms with Gasteiger partial charge in [-0.05, 0) is 36.0 Å². The van der Waals surface area contributed by atoms with Gasteiger partial charge in [0, 0.05) is 31.0 Å². The van der Waals surface area contributed by atoms with Crippen molar-refractivity contribution in [2.24, 2.45) is 0 Å². The number of fused-ring (bicyclic) bond motifs is 1. The number of β-lactam (4-membered cyclic amide) rings is 1. The van der Waals surface area contributed by atoms with Gasteiger partial charge in [-0.15, -0.1) is 22.0 Å². The van der Waals surface area contributed by atoms with Gasteiger partial charge in [-0.2, -0.15) is 0 Å². The van der Waals surface area contributed by atoms with E-state index in [0.29, 0.717) is 10.8 Å². The van der Waals surface area contributed by atoms with Crippen LogP contribution in [0, 0.1) is 0 Å². The topological polar surface area (TPSA) is 164 Å². The molecule has 3 heterocycles. The summed E-state index contributed by atoms with van der Waals surface area (Å²) in [6, 6.07) is 6.74. The molecule has 190 valence electrons. The second-order valence-electron chi connectivity index (χ2n) is 7.65. The normalized spacial score (nSPS) is 20.9. The van der Waals surface area contributed by atoms with Crippen LogP contribution in [0.15, 0.2) is 45.2 Å². The zero-order valence-electron chi connectivity index (χ0n) is 18.9. The largest absolute Gasteiger partial charge is 0.484 e. The molecule has 2 aliphatic heterocycles. The standard InChI is InChI=1S/C21H20ClN5O7S2/c1-9(28)23-7-13-15(20(31)32)27-18(30)16(19(27)36-17(13)24-10(2)29)35-21-26-25-14(34-21)8-33-12-5-3-11(22)4-6-12/h3-6,16-17,19H,7-8H2,1-2H3,(H,23,28)(H,24,29)(H,31,32)/t16?,17?,19-/m1/s1. The van der Waals surface area contributed by atoms with Crippen molar-refractivity contribution < 1.29 is 33.4 Å². The predicted octanol–water partition coefficient (Wildman–Crippen LogP) is 1.61. The van der Waals surface area contributed by atoms with Gasteiger partial charge in [-0.1, -0.05) is 11.6 Å². The molecule has 1 aromatic heterocycles. The van der Waals surface area contributed by atoms with Crippen molar-refractivity contribution in [3.63, 3.8) is 0 Å². The highest BCUT2D eigenvalue weighted by Crippen LogP contribution is 2.48. The smallest absolute Gasteiger partial charge is 0.352 e. The lowest BCUT2D eigenvalue weighted by Crippen LogP contribution is -2.65. The number of aliphatic carboxylic acids is 1. The summed E-state index contributed by atoms with van der Waals surface area (Å²) in [5, 5.41) is 21.5. The second kappa shape index (κ2) is 10.8. The van der Waals surface area contributed by atoms with Gasteiger partial charge in [0.25, 0.3) is 11.1 Å². The number of halogens is 1. The molecule has 0 saturated carbocycles. The second-order valence-corrected chi connectivity index (χ2v) is 10.4. The van der Waals surface area contributed by atoms with Gasteiger partial charge < -0.3 is 24.9 Å². The number of benzene rings is 1. The predicted molar refractivity (Wildman–Crippen MR) is 129 cm³/mol. The summed E-state index contributed by atoms with van der Waals surface area (Å²) in [4.78, 5) is 49.4. The van der Waals surface area contributed by atoms with E-state index in [1.807, 2.05) is 0 Å². The minimum atomic E-state index is -1.34. The van der Waals surface area contributed by atoms with Crippen LogP contribution in [0.25, 0.3) is 0 Å². The van der Waals surface area contributed by atoms with Crippen LogP contribution in [-0.4, -0.2) is 66.4 Å².